The van der Waals surface area contributed by atoms with E-state index < -0.39 is 0 Å². The van der Waals surface area contributed by atoms with Crippen LogP contribution in [-0.2, 0) is 0 Å². The molecule has 1 nitrogen and oxygen atoms in total. The molecule has 1 heteroatoms. The first-order valence-corrected chi connectivity index (χ1v) is 3.72. The molecule has 0 N–H and O–H groups in total. The van der Waals surface area contributed by atoms with E-state index in [1.165, 1.54) is 10.4 Å². The summed E-state index contributed by atoms with van der Waals surface area (Å²) in [4.78, 5) is 4.15. The van der Waals surface area contributed by atoms with Gasteiger partial charge >= 0.3 is 0 Å². The van der Waals surface area contributed by atoms with Crippen LogP contribution in [0.25, 0.3) is 12.2 Å². The van der Waals surface area contributed by atoms with E-state index in [2.05, 4.69) is 29.3 Å². The maximum absolute atomic E-state index is 4.15. The molecule has 1 aromatic rings. The van der Waals surface area contributed by atoms with Gasteiger partial charge in [0.05, 0.1) is 6.54 Å². The molecule has 0 spiro atoms. The topological polar surface area (TPSA) is 12.4 Å². The predicted octanol–water partition coefficient (Wildman–Crippen LogP) is 0.332. The first kappa shape index (κ1) is 6.35. The van der Waals surface area contributed by atoms with Crippen molar-refractivity contribution in [2.75, 3.05) is 6.54 Å². The second-order valence-electron chi connectivity index (χ2n) is 2.51. The van der Waals surface area contributed by atoms with Crippen molar-refractivity contribution < 1.29 is 0 Å². The molecular weight excluding hydrogens is 134 g/mol. The molecule has 0 fully saturated rings. The predicted molar refractivity (Wildman–Crippen MR) is 48.0 cm³/mol. The molecule has 0 saturated carbocycles. The second kappa shape index (κ2) is 2.70. The quantitative estimate of drug-likeness (QED) is 0.496. The summed E-state index contributed by atoms with van der Waals surface area (Å²) in [6.07, 6.45) is 6.04. The molecule has 1 aliphatic heterocycles. The Hall–Kier alpha value is -1.37. The van der Waals surface area contributed by atoms with Crippen molar-refractivity contribution in [1.82, 2.24) is 0 Å². The highest BCUT2D eigenvalue weighted by Crippen LogP contribution is 1.77. The number of aliphatic imine (C=N–C) groups is 1. The number of hydrogen-bond donors (Lipinski definition) is 0. The zero-order chi connectivity index (χ0) is 7.52. The summed E-state index contributed by atoms with van der Waals surface area (Å²) in [6.45, 7) is 0.799. The van der Waals surface area contributed by atoms with E-state index in [4.69, 9.17) is 0 Å². The molecule has 1 aromatic carbocycles. The molecule has 2 rings (SSSR count). The fourth-order valence-corrected chi connectivity index (χ4v) is 1.19. The molecule has 54 valence electrons. The SMILES string of the molecule is C1=NCC=c2ccccc2=C1. The molecular formula is C10H9N. The normalized spacial score (nSPS) is 14.2. The number of fused-ring (bicyclic) bond motifs is 1. The van der Waals surface area contributed by atoms with Crippen LogP contribution in [0, 0.1) is 0 Å². The Morgan fingerprint density at radius 1 is 1.09 bits per heavy atom. The average molecular weight is 143 g/mol. The van der Waals surface area contributed by atoms with E-state index >= 15 is 0 Å². The number of hydrogen-bond acceptors (Lipinski definition) is 1. The maximum Gasteiger partial charge on any atom is 0.0579 e. The Bertz CT molecular complexity index is 388. The van der Waals surface area contributed by atoms with Crippen molar-refractivity contribution in [2.45, 2.75) is 0 Å². The van der Waals surface area contributed by atoms with Gasteiger partial charge in [0.2, 0.25) is 0 Å². The lowest BCUT2D eigenvalue weighted by atomic mass is 10.2. The summed E-state index contributed by atoms with van der Waals surface area (Å²) in [5, 5.41) is 2.54. The van der Waals surface area contributed by atoms with Gasteiger partial charge in [-0.05, 0) is 16.5 Å². The van der Waals surface area contributed by atoms with E-state index in [1.54, 1.807) is 0 Å². The Balaban J connectivity index is 2.81. The van der Waals surface area contributed by atoms with Crippen molar-refractivity contribution in [3.63, 3.8) is 0 Å². The molecule has 0 atom stereocenters. The van der Waals surface area contributed by atoms with E-state index in [9.17, 15) is 0 Å². The smallest absolute Gasteiger partial charge is 0.0579 e. The third-order valence-corrected chi connectivity index (χ3v) is 1.77. The summed E-state index contributed by atoms with van der Waals surface area (Å²) in [6, 6.07) is 8.31. The zero-order valence-corrected chi connectivity index (χ0v) is 6.20. The molecule has 0 unspecified atom stereocenters. The van der Waals surface area contributed by atoms with Gasteiger partial charge in [-0.1, -0.05) is 30.3 Å². The van der Waals surface area contributed by atoms with Gasteiger partial charge < -0.3 is 0 Å². The minimum Gasteiger partial charge on any atom is -0.289 e. The van der Waals surface area contributed by atoms with Crippen molar-refractivity contribution in [3.8, 4) is 0 Å². The summed E-state index contributed by atoms with van der Waals surface area (Å²) < 4.78 is 0. The minimum absolute atomic E-state index is 0.799. The Morgan fingerprint density at radius 3 is 2.82 bits per heavy atom. The largest absolute Gasteiger partial charge is 0.289 e. The van der Waals surface area contributed by atoms with Crippen LogP contribution in [0.1, 0.15) is 0 Å². The zero-order valence-electron chi connectivity index (χ0n) is 6.20. The van der Waals surface area contributed by atoms with Crippen LogP contribution in [-0.4, -0.2) is 12.8 Å². The van der Waals surface area contributed by atoms with Gasteiger partial charge in [-0.25, -0.2) is 0 Å². The van der Waals surface area contributed by atoms with Crippen molar-refractivity contribution in [3.05, 3.63) is 34.7 Å². The molecule has 0 aliphatic carbocycles. The van der Waals surface area contributed by atoms with Gasteiger partial charge in [0, 0.05) is 6.21 Å². The molecule has 0 amide bonds. The van der Waals surface area contributed by atoms with E-state index in [-0.39, 0.29) is 0 Å². The van der Waals surface area contributed by atoms with Gasteiger partial charge in [-0.15, -0.1) is 0 Å². The number of nitrogens with zero attached hydrogens (tertiary/aromatic N) is 1. The lowest BCUT2D eigenvalue weighted by Crippen LogP contribution is -2.23. The van der Waals surface area contributed by atoms with Gasteiger partial charge in [0.25, 0.3) is 0 Å². The number of benzene rings is 1. The van der Waals surface area contributed by atoms with Crippen LogP contribution < -0.4 is 10.4 Å². The standard InChI is InChI=1S/C10H9N/c1-2-4-10-6-8-11-7-5-9(10)3-1/h1-7H,8H2. The molecule has 0 aromatic heterocycles. The minimum atomic E-state index is 0.799. The molecule has 0 bridgehead atoms. The molecule has 0 radical (unpaired) electrons. The first-order valence-electron chi connectivity index (χ1n) is 3.72. The van der Waals surface area contributed by atoms with E-state index in [0.29, 0.717) is 0 Å². The Kier molecular flexibility index (Phi) is 1.56. The monoisotopic (exact) mass is 143 g/mol. The van der Waals surface area contributed by atoms with Gasteiger partial charge in [-0.3, -0.25) is 4.99 Å². The molecule has 11 heavy (non-hydrogen) atoms. The maximum atomic E-state index is 4.15. The van der Waals surface area contributed by atoms with Gasteiger partial charge in [-0.2, -0.15) is 0 Å². The van der Waals surface area contributed by atoms with Crippen molar-refractivity contribution in [2.24, 2.45) is 4.99 Å². The van der Waals surface area contributed by atoms with E-state index in [0.717, 1.165) is 6.54 Å². The first-order chi connectivity index (χ1) is 5.47. The third-order valence-electron chi connectivity index (χ3n) is 1.77. The molecule has 1 heterocycles. The number of rotatable bonds is 0. The average Bonchev–Trinajstić information content (AvgIpc) is 2.28. The highest BCUT2D eigenvalue weighted by Gasteiger charge is 1.84. The second-order valence-corrected chi connectivity index (χ2v) is 2.51. The summed E-state index contributed by atoms with van der Waals surface area (Å²) in [5.41, 5.74) is 0. The third kappa shape index (κ3) is 1.22. The van der Waals surface area contributed by atoms with Crippen LogP contribution in [0.4, 0.5) is 0 Å². The van der Waals surface area contributed by atoms with Crippen molar-refractivity contribution in [1.29, 1.82) is 0 Å². The summed E-state index contributed by atoms with van der Waals surface area (Å²) in [7, 11) is 0. The van der Waals surface area contributed by atoms with Crippen LogP contribution in [0.15, 0.2) is 29.3 Å². The van der Waals surface area contributed by atoms with E-state index in [1.807, 2.05) is 18.4 Å². The van der Waals surface area contributed by atoms with Crippen LogP contribution in [0.2, 0.25) is 0 Å². The Morgan fingerprint density at radius 2 is 1.91 bits per heavy atom. The lowest BCUT2D eigenvalue weighted by molar-refractivity contribution is 1.32. The Labute approximate surface area is 65.4 Å². The van der Waals surface area contributed by atoms with Crippen LogP contribution in [0.5, 0.6) is 0 Å². The van der Waals surface area contributed by atoms with Crippen molar-refractivity contribution >= 4 is 18.4 Å². The fraction of sp³-hybridized carbons (Fsp3) is 0.100. The molecule has 1 aliphatic rings. The van der Waals surface area contributed by atoms with Crippen LogP contribution in [0.3, 0.4) is 0 Å². The fourth-order valence-electron chi connectivity index (χ4n) is 1.19. The van der Waals surface area contributed by atoms with Crippen LogP contribution >= 0.6 is 0 Å². The van der Waals surface area contributed by atoms with Gasteiger partial charge in [0.15, 0.2) is 0 Å². The lowest BCUT2D eigenvalue weighted by Gasteiger charge is -1.84. The van der Waals surface area contributed by atoms with Gasteiger partial charge in [0.1, 0.15) is 0 Å². The summed E-state index contributed by atoms with van der Waals surface area (Å²) in [5.74, 6) is 0. The molecule has 0 saturated heterocycles. The highest BCUT2D eigenvalue weighted by atomic mass is 14.7. The summed E-state index contributed by atoms with van der Waals surface area (Å²) >= 11 is 0. The highest BCUT2D eigenvalue weighted by molar-refractivity contribution is 5.91.